The van der Waals surface area contributed by atoms with Crippen molar-refractivity contribution in [3.63, 3.8) is 0 Å². The zero-order valence-corrected chi connectivity index (χ0v) is 22.3. The van der Waals surface area contributed by atoms with Gasteiger partial charge in [0, 0.05) is 18.6 Å². The van der Waals surface area contributed by atoms with Crippen molar-refractivity contribution in [3.8, 4) is 0 Å². The number of halogens is 1. The molecule has 7 nitrogen and oxygen atoms in total. The highest BCUT2D eigenvalue weighted by atomic mass is 35.5. The normalized spacial score (nSPS) is 12.0. The average Bonchev–Trinajstić information content (AvgIpc) is 2.86. The van der Waals surface area contributed by atoms with Gasteiger partial charge in [-0.05, 0) is 68.3 Å². The standard InChI is InChI=1S/C27H30ClN3O4S/c1-19-9-15-25(16-10-19)36(34,35)31(24-13-11-23(28)12-14-24)18-26(32)30(21(3)27(33)29-4)17-22-8-6-5-7-20(22)2/h5-16,21H,17-18H2,1-4H3,(H,29,33). The number of benzene rings is 3. The van der Waals surface area contributed by atoms with Gasteiger partial charge in [-0.1, -0.05) is 53.6 Å². The van der Waals surface area contributed by atoms with Crippen molar-refractivity contribution in [2.45, 2.75) is 38.3 Å². The molecule has 3 rings (SSSR count). The minimum Gasteiger partial charge on any atom is -0.357 e. The Morgan fingerprint density at radius 2 is 1.56 bits per heavy atom. The lowest BCUT2D eigenvalue weighted by Crippen LogP contribution is -2.50. The maximum Gasteiger partial charge on any atom is 0.264 e. The van der Waals surface area contributed by atoms with Crippen LogP contribution in [-0.2, 0) is 26.2 Å². The summed E-state index contributed by atoms with van der Waals surface area (Å²) in [6.45, 7) is 5.06. The van der Waals surface area contributed by atoms with Crippen LogP contribution in [0.25, 0.3) is 0 Å². The second-order valence-corrected chi connectivity index (χ2v) is 10.8. The molecular formula is C27H30ClN3O4S. The van der Waals surface area contributed by atoms with Crippen molar-refractivity contribution in [1.82, 2.24) is 10.2 Å². The first-order valence-corrected chi connectivity index (χ1v) is 13.3. The largest absolute Gasteiger partial charge is 0.357 e. The van der Waals surface area contributed by atoms with Gasteiger partial charge in [0.15, 0.2) is 0 Å². The van der Waals surface area contributed by atoms with E-state index in [1.165, 1.54) is 24.1 Å². The predicted molar refractivity (Wildman–Crippen MR) is 142 cm³/mol. The van der Waals surface area contributed by atoms with E-state index in [9.17, 15) is 18.0 Å². The number of amides is 2. The van der Waals surface area contributed by atoms with Gasteiger partial charge >= 0.3 is 0 Å². The monoisotopic (exact) mass is 527 g/mol. The van der Waals surface area contributed by atoms with Crippen LogP contribution in [0.15, 0.2) is 77.7 Å². The van der Waals surface area contributed by atoms with E-state index in [-0.39, 0.29) is 23.0 Å². The summed E-state index contributed by atoms with van der Waals surface area (Å²) < 4.78 is 28.5. The summed E-state index contributed by atoms with van der Waals surface area (Å²) >= 11 is 6.03. The lowest BCUT2D eigenvalue weighted by Gasteiger charge is -2.32. The van der Waals surface area contributed by atoms with Crippen molar-refractivity contribution in [2.75, 3.05) is 17.9 Å². The zero-order valence-electron chi connectivity index (χ0n) is 20.7. The number of hydrogen-bond acceptors (Lipinski definition) is 4. The van der Waals surface area contributed by atoms with E-state index in [4.69, 9.17) is 11.6 Å². The van der Waals surface area contributed by atoms with E-state index in [1.54, 1.807) is 43.3 Å². The van der Waals surface area contributed by atoms with Crippen LogP contribution in [0.2, 0.25) is 5.02 Å². The Morgan fingerprint density at radius 3 is 2.14 bits per heavy atom. The van der Waals surface area contributed by atoms with Gasteiger partial charge < -0.3 is 10.2 Å². The molecule has 2 amide bonds. The summed E-state index contributed by atoms with van der Waals surface area (Å²) in [6, 6.07) is 19.4. The number of rotatable bonds is 9. The second-order valence-electron chi connectivity index (χ2n) is 8.54. The fraction of sp³-hybridized carbons (Fsp3) is 0.259. The minimum atomic E-state index is -4.10. The molecule has 3 aromatic carbocycles. The van der Waals surface area contributed by atoms with Crippen LogP contribution in [0.3, 0.4) is 0 Å². The van der Waals surface area contributed by atoms with Crippen LogP contribution in [0, 0.1) is 13.8 Å². The van der Waals surface area contributed by atoms with E-state index in [0.717, 1.165) is 21.0 Å². The molecule has 0 saturated carbocycles. The Morgan fingerprint density at radius 1 is 0.944 bits per heavy atom. The molecule has 0 aliphatic rings. The quantitative estimate of drug-likeness (QED) is 0.449. The number of aryl methyl sites for hydroxylation is 2. The van der Waals surface area contributed by atoms with Crippen molar-refractivity contribution < 1.29 is 18.0 Å². The van der Waals surface area contributed by atoms with E-state index in [2.05, 4.69) is 5.32 Å². The zero-order chi connectivity index (χ0) is 26.5. The van der Waals surface area contributed by atoms with Crippen LogP contribution < -0.4 is 9.62 Å². The predicted octanol–water partition coefficient (Wildman–Crippen LogP) is 4.32. The fourth-order valence-corrected chi connectivity index (χ4v) is 5.28. The van der Waals surface area contributed by atoms with E-state index >= 15 is 0 Å². The number of hydrogen-bond donors (Lipinski definition) is 1. The van der Waals surface area contributed by atoms with Gasteiger partial charge in [-0.3, -0.25) is 13.9 Å². The molecule has 36 heavy (non-hydrogen) atoms. The number of anilines is 1. The number of nitrogens with one attached hydrogen (secondary N) is 1. The number of sulfonamides is 1. The fourth-order valence-electron chi connectivity index (χ4n) is 3.74. The first-order chi connectivity index (χ1) is 17.0. The molecule has 9 heteroatoms. The van der Waals surface area contributed by atoms with E-state index in [0.29, 0.717) is 5.02 Å². The van der Waals surface area contributed by atoms with Crippen LogP contribution in [-0.4, -0.2) is 44.8 Å². The number of carbonyl (C=O) groups excluding carboxylic acids is 2. The first kappa shape index (κ1) is 27.2. The molecule has 0 aliphatic carbocycles. The highest BCUT2D eigenvalue weighted by molar-refractivity contribution is 7.92. The molecular weight excluding hydrogens is 498 g/mol. The summed E-state index contributed by atoms with van der Waals surface area (Å²) in [5.41, 5.74) is 3.02. The summed E-state index contributed by atoms with van der Waals surface area (Å²) in [7, 11) is -2.61. The Bertz CT molecular complexity index is 1330. The molecule has 0 radical (unpaired) electrons. The summed E-state index contributed by atoms with van der Waals surface area (Å²) in [5.74, 6) is -0.864. The third-order valence-electron chi connectivity index (χ3n) is 6.02. The first-order valence-electron chi connectivity index (χ1n) is 11.4. The van der Waals surface area contributed by atoms with Crippen molar-refractivity contribution >= 4 is 39.1 Å². The van der Waals surface area contributed by atoms with Crippen molar-refractivity contribution in [3.05, 3.63) is 94.5 Å². The van der Waals surface area contributed by atoms with Crippen molar-refractivity contribution in [2.24, 2.45) is 0 Å². The molecule has 0 bridgehead atoms. The number of nitrogens with zero attached hydrogens (tertiary/aromatic N) is 2. The Kier molecular flexibility index (Phi) is 8.76. The van der Waals surface area contributed by atoms with Crippen LogP contribution >= 0.6 is 11.6 Å². The van der Waals surface area contributed by atoms with Crippen molar-refractivity contribution in [1.29, 1.82) is 0 Å². The Balaban J connectivity index is 2.03. The maximum absolute atomic E-state index is 13.7. The molecule has 0 fully saturated rings. The topological polar surface area (TPSA) is 86.8 Å². The minimum absolute atomic E-state index is 0.0562. The Hall–Kier alpha value is -3.36. The lowest BCUT2D eigenvalue weighted by atomic mass is 10.1. The molecule has 190 valence electrons. The molecule has 1 N–H and O–H groups in total. The average molecular weight is 528 g/mol. The van der Waals surface area contributed by atoms with E-state index in [1.807, 2.05) is 38.1 Å². The SMILES string of the molecule is CNC(=O)C(C)N(Cc1ccccc1C)C(=O)CN(c1ccc(Cl)cc1)S(=O)(=O)c1ccc(C)cc1. The Labute approximate surface area is 217 Å². The summed E-state index contributed by atoms with van der Waals surface area (Å²) in [4.78, 5) is 27.7. The highest BCUT2D eigenvalue weighted by Gasteiger charge is 2.32. The van der Waals surface area contributed by atoms with Gasteiger partial charge in [0.2, 0.25) is 11.8 Å². The summed E-state index contributed by atoms with van der Waals surface area (Å²) in [6.07, 6.45) is 0. The maximum atomic E-state index is 13.7. The molecule has 0 aromatic heterocycles. The number of carbonyl (C=O) groups is 2. The smallest absolute Gasteiger partial charge is 0.264 e. The van der Waals surface area contributed by atoms with Gasteiger partial charge in [-0.2, -0.15) is 0 Å². The van der Waals surface area contributed by atoms with E-state index < -0.39 is 28.5 Å². The molecule has 1 unspecified atom stereocenters. The van der Waals surface area contributed by atoms with Gasteiger partial charge in [-0.15, -0.1) is 0 Å². The van der Waals surface area contributed by atoms with Gasteiger partial charge in [0.05, 0.1) is 10.6 Å². The van der Waals surface area contributed by atoms with Gasteiger partial charge in [0.25, 0.3) is 10.0 Å². The van der Waals surface area contributed by atoms with Gasteiger partial charge in [-0.25, -0.2) is 8.42 Å². The molecule has 1 atom stereocenters. The molecule has 0 spiro atoms. The van der Waals surface area contributed by atoms with Crippen LogP contribution in [0.4, 0.5) is 5.69 Å². The number of likely N-dealkylation sites (N-methyl/N-ethyl adjacent to an activating group) is 1. The van der Waals surface area contributed by atoms with Crippen LogP contribution in [0.1, 0.15) is 23.6 Å². The summed E-state index contributed by atoms with van der Waals surface area (Å²) in [5, 5.41) is 3.01. The third-order valence-corrected chi connectivity index (χ3v) is 8.06. The lowest BCUT2D eigenvalue weighted by molar-refractivity contribution is -0.139. The highest BCUT2D eigenvalue weighted by Crippen LogP contribution is 2.26. The third kappa shape index (κ3) is 6.25. The molecule has 0 heterocycles. The van der Waals surface area contributed by atoms with Gasteiger partial charge in [0.1, 0.15) is 12.6 Å². The molecule has 0 aliphatic heterocycles. The molecule has 3 aromatic rings. The second kappa shape index (κ2) is 11.6. The molecule has 0 saturated heterocycles. The van der Waals surface area contributed by atoms with Crippen LogP contribution in [0.5, 0.6) is 0 Å².